The van der Waals surface area contributed by atoms with Gasteiger partial charge < -0.3 is 24.4 Å². The zero-order valence-corrected chi connectivity index (χ0v) is 18.2. The Balaban J connectivity index is 1.64. The van der Waals surface area contributed by atoms with E-state index in [9.17, 15) is 10.2 Å². The molecule has 0 saturated heterocycles. The highest BCUT2D eigenvalue weighted by molar-refractivity contribution is 6.31. The van der Waals surface area contributed by atoms with Crippen molar-refractivity contribution < 1.29 is 24.4 Å². The molecular weight excluding hydrogens is 432 g/mol. The number of hydrogen-bond acceptors (Lipinski definition) is 7. The van der Waals surface area contributed by atoms with Crippen molar-refractivity contribution in [2.75, 3.05) is 14.2 Å². The summed E-state index contributed by atoms with van der Waals surface area (Å²) < 4.78 is 17.1. The van der Waals surface area contributed by atoms with Crippen LogP contribution in [0, 0.1) is 0 Å². The van der Waals surface area contributed by atoms with Gasteiger partial charge in [0.05, 0.1) is 26.0 Å². The van der Waals surface area contributed by atoms with Gasteiger partial charge in [-0.15, -0.1) is 0 Å². The van der Waals surface area contributed by atoms with Crippen molar-refractivity contribution in [2.24, 2.45) is 5.10 Å². The van der Waals surface area contributed by atoms with Crippen LogP contribution in [-0.2, 0) is 0 Å². The number of phenols is 2. The van der Waals surface area contributed by atoms with Crippen molar-refractivity contribution in [3.63, 3.8) is 0 Å². The molecule has 164 valence electrons. The van der Waals surface area contributed by atoms with Crippen LogP contribution in [0.5, 0.6) is 28.7 Å². The van der Waals surface area contributed by atoms with Gasteiger partial charge in [-0.2, -0.15) is 5.10 Å². The van der Waals surface area contributed by atoms with E-state index in [2.05, 4.69) is 0 Å². The number of nitrogens with zero attached hydrogens (tertiary/aromatic N) is 2. The van der Waals surface area contributed by atoms with E-state index >= 15 is 0 Å². The summed E-state index contributed by atoms with van der Waals surface area (Å²) in [5.74, 6) is 1.73. The summed E-state index contributed by atoms with van der Waals surface area (Å²) in [6, 6.07) is 15.6. The van der Waals surface area contributed by atoms with Crippen LogP contribution in [0.4, 0.5) is 0 Å². The molecule has 7 nitrogen and oxygen atoms in total. The first-order valence-corrected chi connectivity index (χ1v) is 10.4. The lowest BCUT2D eigenvalue weighted by Crippen LogP contribution is -2.33. The molecule has 2 N–H and O–H groups in total. The van der Waals surface area contributed by atoms with E-state index < -0.39 is 6.23 Å². The Morgan fingerprint density at radius 1 is 1.00 bits per heavy atom. The highest BCUT2D eigenvalue weighted by atomic mass is 35.5. The van der Waals surface area contributed by atoms with E-state index in [4.69, 9.17) is 30.9 Å². The molecular formula is C24H21ClN2O5. The first kappa shape index (κ1) is 20.3. The van der Waals surface area contributed by atoms with Crippen LogP contribution in [0.15, 0.2) is 59.7 Å². The molecule has 8 heteroatoms. The number of methoxy groups -OCH3 is 2. The predicted octanol–water partition coefficient (Wildman–Crippen LogP) is 5.01. The molecule has 2 heterocycles. The molecule has 5 rings (SSSR count). The Morgan fingerprint density at radius 3 is 2.56 bits per heavy atom. The van der Waals surface area contributed by atoms with Crippen LogP contribution in [0.2, 0.25) is 5.02 Å². The molecule has 32 heavy (non-hydrogen) atoms. The minimum atomic E-state index is -0.626. The predicted molar refractivity (Wildman–Crippen MR) is 120 cm³/mol. The summed E-state index contributed by atoms with van der Waals surface area (Å²) in [6.45, 7) is 0. The van der Waals surface area contributed by atoms with Crippen LogP contribution < -0.4 is 14.2 Å². The highest BCUT2D eigenvalue weighted by Crippen LogP contribution is 2.51. The Hall–Kier alpha value is -3.58. The van der Waals surface area contributed by atoms with Crippen LogP contribution in [-0.4, -0.2) is 35.2 Å². The fraction of sp³-hybridized carbons (Fsp3) is 0.208. The SMILES string of the molecule is COc1ccc([C@@H]2Oc3c(OC)cccc3[C@H]3CC(c4cc(Cl)ccc4O)=NN32)cc1O. The fourth-order valence-corrected chi connectivity index (χ4v) is 4.40. The van der Waals surface area contributed by atoms with Gasteiger partial charge in [0.15, 0.2) is 23.0 Å². The molecule has 2 aliphatic rings. The highest BCUT2D eigenvalue weighted by Gasteiger charge is 2.42. The Labute approximate surface area is 190 Å². The smallest absolute Gasteiger partial charge is 0.214 e. The normalized spacial score (nSPS) is 19.0. The molecule has 0 aliphatic carbocycles. The maximum atomic E-state index is 10.4. The quantitative estimate of drug-likeness (QED) is 0.579. The second-order valence-electron chi connectivity index (χ2n) is 7.59. The monoisotopic (exact) mass is 452 g/mol. The standard InChI is InChI=1S/C24H21ClN2O5/c1-30-21-9-6-13(10-20(21)29)24-27-18(15-4-3-5-22(31-2)23(15)32-24)12-17(26-27)16-11-14(25)7-8-19(16)28/h3-11,18,24,28-29H,12H2,1-2H3/t18-,24+/m1/s1. The number of phenolic OH excluding ortho intramolecular Hbond substituents is 2. The molecule has 3 aromatic rings. The minimum Gasteiger partial charge on any atom is -0.507 e. The molecule has 0 radical (unpaired) electrons. The van der Waals surface area contributed by atoms with Crippen LogP contribution in [0.25, 0.3) is 0 Å². The van der Waals surface area contributed by atoms with E-state index in [1.165, 1.54) is 7.11 Å². The first-order chi connectivity index (χ1) is 15.5. The summed E-state index contributed by atoms with van der Waals surface area (Å²) in [5.41, 5.74) is 2.90. The number of rotatable bonds is 4. The molecule has 0 bridgehead atoms. The Morgan fingerprint density at radius 2 is 1.81 bits per heavy atom. The molecule has 0 aromatic heterocycles. The number of halogens is 1. The molecule has 0 unspecified atom stereocenters. The molecule has 0 fully saturated rings. The lowest BCUT2D eigenvalue weighted by atomic mass is 9.95. The first-order valence-electron chi connectivity index (χ1n) is 10.1. The number of aromatic hydroxyl groups is 2. The summed E-state index contributed by atoms with van der Waals surface area (Å²) in [7, 11) is 3.09. The van der Waals surface area contributed by atoms with E-state index in [-0.39, 0.29) is 17.5 Å². The van der Waals surface area contributed by atoms with E-state index in [1.54, 1.807) is 37.4 Å². The van der Waals surface area contributed by atoms with E-state index in [0.717, 1.165) is 5.56 Å². The van der Waals surface area contributed by atoms with Gasteiger partial charge in [-0.05, 0) is 42.5 Å². The number of ether oxygens (including phenoxy) is 3. The average Bonchev–Trinajstić information content (AvgIpc) is 3.25. The summed E-state index contributed by atoms with van der Waals surface area (Å²) in [4.78, 5) is 0. The van der Waals surface area contributed by atoms with Crippen LogP contribution >= 0.6 is 11.6 Å². The second-order valence-corrected chi connectivity index (χ2v) is 8.02. The second kappa shape index (κ2) is 7.84. The fourth-order valence-electron chi connectivity index (χ4n) is 4.23. The zero-order chi connectivity index (χ0) is 22.4. The van der Waals surface area contributed by atoms with Gasteiger partial charge in [0.25, 0.3) is 0 Å². The number of fused-ring (bicyclic) bond motifs is 3. The topological polar surface area (TPSA) is 83.8 Å². The third kappa shape index (κ3) is 3.26. The van der Waals surface area contributed by atoms with Crippen molar-refractivity contribution in [1.82, 2.24) is 5.01 Å². The maximum absolute atomic E-state index is 10.4. The Bertz CT molecular complexity index is 1230. The molecule has 3 aromatic carbocycles. The molecule has 0 saturated carbocycles. The molecule has 2 aliphatic heterocycles. The molecule has 0 amide bonds. The zero-order valence-electron chi connectivity index (χ0n) is 17.4. The van der Waals surface area contributed by atoms with Gasteiger partial charge in [0.2, 0.25) is 6.23 Å². The summed E-state index contributed by atoms with van der Waals surface area (Å²) >= 11 is 6.18. The lowest BCUT2D eigenvalue weighted by Gasteiger charge is -2.38. The van der Waals surface area contributed by atoms with Gasteiger partial charge in [0.1, 0.15) is 5.75 Å². The third-order valence-electron chi connectivity index (χ3n) is 5.76. The van der Waals surface area contributed by atoms with E-state index in [1.807, 2.05) is 29.3 Å². The lowest BCUT2D eigenvalue weighted by molar-refractivity contribution is -0.0210. The van der Waals surface area contributed by atoms with Gasteiger partial charge in [-0.25, -0.2) is 5.01 Å². The van der Waals surface area contributed by atoms with Gasteiger partial charge in [0, 0.05) is 28.1 Å². The van der Waals surface area contributed by atoms with Crippen molar-refractivity contribution in [1.29, 1.82) is 0 Å². The van der Waals surface area contributed by atoms with Crippen LogP contribution in [0.1, 0.15) is 35.4 Å². The largest absolute Gasteiger partial charge is 0.507 e. The molecule has 2 atom stereocenters. The van der Waals surface area contributed by atoms with Crippen molar-refractivity contribution in [2.45, 2.75) is 18.7 Å². The number of hydrazone groups is 1. The van der Waals surface area contributed by atoms with Crippen LogP contribution in [0.3, 0.4) is 0 Å². The summed E-state index contributed by atoms with van der Waals surface area (Å²) in [6.07, 6.45) is -0.0878. The van der Waals surface area contributed by atoms with Gasteiger partial charge in [-0.3, -0.25) is 0 Å². The number of hydrogen-bond donors (Lipinski definition) is 2. The molecule has 0 spiro atoms. The van der Waals surface area contributed by atoms with Crippen molar-refractivity contribution >= 4 is 17.3 Å². The van der Waals surface area contributed by atoms with Crippen molar-refractivity contribution in [3.05, 3.63) is 76.3 Å². The third-order valence-corrected chi connectivity index (χ3v) is 5.99. The number of para-hydroxylation sites is 1. The maximum Gasteiger partial charge on any atom is 0.214 e. The van der Waals surface area contributed by atoms with E-state index in [0.29, 0.717) is 45.5 Å². The van der Waals surface area contributed by atoms with Gasteiger partial charge in [-0.1, -0.05) is 23.7 Å². The average molecular weight is 453 g/mol. The Kier molecular flexibility index (Phi) is 4.98. The number of benzene rings is 3. The summed E-state index contributed by atoms with van der Waals surface area (Å²) in [5, 5.41) is 28.0. The van der Waals surface area contributed by atoms with Gasteiger partial charge >= 0.3 is 0 Å². The minimum absolute atomic E-state index is 0.00635. The van der Waals surface area contributed by atoms with Crippen molar-refractivity contribution in [3.8, 4) is 28.7 Å².